The summed E-state index contributed by atoms with van der Waals surface area (Å²) in [6, 6.07) is 22.2. The van der Waals surface area contributed by atoms with Crippen LogP contribution >= 0.6 is 0 Å². The van der Waals surface area contributed by atoms with Gasteiger partial charge in [0.05, 0.1) is 18.2 Å². The van der Waals surface area contributed by atoms with Crippen molar-refractivity contribution in [2.45, 2.75) is 38.7 Å². The Balaban J connectivity index is 1.37. The Morgan fingerprint density at radius 2 is 1.65 bits per heavy atom. The number of carbonyl (C=O) groups excluding carboxylic acids is 2. The summed E-state index contributed by atoms with van der Waals surface area (Å²) in [6.07, 6.45) is 2.57. The summed E-state index contributed by atoms with van der Waals surface area (Å²) in [7, 11) is 0. The quantitative estimate of drug-likeness (QED) is 0.392. The standard InChI is InChI=1S/C30H30N2O5/c1-2-23-18-32(30(36)31-22-7-4-3-5-8-22)26-16-15-21(17-27(26)37-23)19-11-13-20(14-12-19)28(33)24-9-6-10-25(24)29(34)35/h3-5,7-8,11-17,23-25H,2,6,9-10,18H2,1H3,(H,31,36)(H,34,35). The summed E-state index contributed by atoms with van der Waals surface area (Å²) in [6.45, 7) is 2.48. The van der Waals surface area contributed by atoms with Gasteiger partial charge in [-0.15, -0.1) is 0 Å². The number of rotatable bonds is 6. The molecule has 3 aromatic rings. The Morgan fingerprint density at radius 1 is 0.946 bits per heavy atom. The van der Waals surface area contributed by atoms with E-state index in [0.717, 1.165) is 29.7 Å². The molecule has 0 spiro atoms. The first-order valence-corrected chi connectivity index (χ1v) is 12.8. The van der Waals surface area contributed by atoms with Crippen LogP contribution in [0.15, 0.2) is 72.8 Å². The van der Waals surface area contributed by atoms with Crippen LogP contribution in [0, 0.1) is 11.8 Å². The fourth-order valence-corrected chi connectivity index (χ4v) is 5.26. The average molecular weight is 499 g/mol. The first-order chi connectivity index (χ1) is 17.9. The number of carboxylic acids is 1. The van der Waals surface area contributed by atoms with Crippen molar-refractivity contribution in [1.82, 2.24) is 0 Å². The molecule has 0 radical (unpaired) electrons. The molecule has 2 aliphatic rings. The first kappa shape index (κ1) is 24.6. The minimum absolute atomic E-state index is 0.101. The number of carboxylic acid groups (broad SMARTS) is 1. The Kier molecular flexibility index (Phi) is 6.95. The van der Waals surface area contributed by atoms with Crippen molar-refractivity contribution in [1.29, 1.82) is 0 Å². The van der Waals surface area contributed by atoms with Crippen molar-refractivity contribution in [2.75, 3.05) is 16.8 Å². The van der Waals surface area contributed by atoms with Gasteiger partial charge in [0.25, 0.3) is 0 Å². The number of hydrogen-bond donors (Lipinski definition) is 2. The van der Waals surface area contributed by atoms with Crippen molar-refractivity contribution in [3.05, 3.63) is 78.4 Å². The number of carbonyl (C=O) groups is 3. The van der Waals surface area contributed by atoms with Crippen LogP contribution in [-0.2, 0) is 4.79 Å². The molecule has 1 saturated carbocycles. The smallest absolute Gasteiger partial charge is 0.326 e. The third kappa shape index (κ3) is 5.07. The van der Waals surface area contributed by atoms with Gasteiger partial charge in [-0.25, -0.2) is 4.79 Å². The molecule has 1 heterocycles. The number of hydrogen-bond acceptors (Lipinski definition) is 4. The Morgan fingerprint density at radius 3 is 2.35 bits per heavy atom. The molecule has 190 valence electrons. The summed E-state index contributed by atoms with van der Waals surface area (Å²) in [5.41, 5.74) is 3.78. The van der Waals surface area contributed by atoms with E-state index in [2.05, 4.69) is 5.32 Å². The normalized spacial score (nSPS) is 20.6. The van der Waals surface area contributed by atoms with E-state index in [9.17, 15) is 19.5 Å². The van der Waals surface area contributed by atoms with Gasteiger partial charge >= 0.3 is 12.0 Å². The minimum atomic E-state index is -0.890. The van der Waals surface area contributed by atoms with Gasteiger partial charge in [-0.3, -0.25) is 14.5 Å². The van der Waals surface area contributed by atoms with E-state index >= 15 is 0 Å². The van der Waals surface area contributed by atoms with Crippen molar-refractivity contribution in [3.63, 3.8) is 0 Å². The van der Waals surface area contributed by atoms with Crippen LogP contribution in [0.3, 0.4) is 0 Å². The number of fused-ring (bicyclic) bond motifs is 1. The largest absolute Gasteiger partial charge is 0.486 e. The van der Waals surface area contributed by atoms with Gasteiger partial charge < -0.3 is 15.2 Å². The first-order valence-electron chi connectivity index (χ1n) is 12.8. The van der Waals surface area contributed by atoms with Crippen LogP contribution in [0.1, 0.15) is 43.0 Å². The number of anilines is 2. The maximum absolute atomic E-state index is 13.1. The zero-order valence-electron chi connectivity index (χ0n) is 20.7. The van der Waals surface area contributed by atoms with Gasteiger partial charge in [-0.05, 0) is 54.7 Å². The van der Waals surface area contributed by atoms with E-state index in [1.54, 1.807) is 17.0 Å². The summed E-state index contributed by atoms with van der Waals surface area (Å²) < 4.78 is 6.21. The molecular weight excluding hydrogens is 468 g/mol. The molecule has 7 heteroatoms. The van der Waals surface area contributed by atoms with Gasteiger partial charge in [0.1, 0.15) is 11.9 Å². The molecule has 3 unspecified atom stereocenters. The van der Waals surface area contributed by atoms with Gasteiger partial charge in [0.2, 0.25) is 0 Å². The molecule has 3 aromatic carbocycles. The zero-order valence-corrected chi connectivity index (χ0v) is 20.7. The van der Waals surface area contributed by atoms with Crippen LogP contribution in [0.5, 0.6) is 5.75 Å². The van der Waals surface area contributed by atoms with E-state index in [4.69, 9.17) is 4.74 Å². The molecule has 0 bridgehead atoms. The average Bonchev–Trinajstić information content (AvgIpc) is 3.43. The highest BCUT2D eigenvalue weighted by Gasteiger charge is 2.38. The van der Waals surface area contributed by atoms with Crippen molar-refractivity contribution < 1.29 is 24.2 Å². The molecule has 1 aliphatic heterocycles. The Bertz CT molecular complexity index is 1310. The van der Waals surface area contributed by atoms with Crippen LogP contribution in [0.2, 0.25) is 0 Å². The molecule has 1 fully saturated rings. The molecular formula is C30H30N2O5. The summed E-state index contributed by atoms with van der Waals surface area (Å²) in [4.78, 5) is 39.3. The number of para-hydroxylation sites is 1. The number of ketones is 1. The monoisotopic (exact) mass is 498 g/mol. The summed E-state index contributed by atoms with van der Waals surface area (Å²) in [5, 5.41) is 12.4. The minimum Gasteiger partial charge on any atom is -0.486 e. The number of nitrogens with one attached hydrogen (secondary N) is 1. The number of amides is 2. The predicted molar refractivity (Wildman–Crippen MR) is 142 cm³/mol. The molecule has 0 saturated heterocycles. The maximum atomic E-state index is 13.1. The lowest BCUT2D eigenvalue weighted by atomic mass is 9.88. The number of ether oxygens (including phenoxy) is 1. The second kappa shape index (κ2) is 10.5. The second-order valence-electron chi connectivity index (χ2n) is 9.66. The highest BCUT2D eigenvalue weighted by atomic mass is 16.5. The van der Waals surface area contributed by atoms with Crippen LogP contribution < -0.4 is 15.0 Å². The molecule has 37 heavy (non-hydrogen) atoms. The lowest BCUT2D eigenvalue weighted by Crippen LogP contribution is -2.45. The molecule has 2 amide bonds. The third-order valence-electron chi connectivity index (χ3n) is 7.33. The molecule has 5 rings (SSSR count). The van der Waals surface area contributed by atoms with Crippen LogP contribution in [0.4, 0.5) is 16.2 Å². The van der Waals surface area contributed by atoms with Crippen LogP contribution in [0.25, 0.3) is 11.1 Å². The number of aliphatic carboxylic acids is 1. The topological polar surface area (TPSA) is 95.9 Å². The number of Topliss-reactive ketones (excluding diaryl/α,β-unsaturated/α-hetero) is 1. The van der Waals surface area contributed by atoms with Crippen LogP contribution in [-0.4, -0.2) is 35.5 Å². The molecule has 0 aromatic heterocycles. The fraction of sp³-hybridized carbons (Fsp3) is 0.300. The molecule has 2 N–H and O–H groups in total. The number of urea groups is 1. The van der Waals surface area contributed by atoms with E-state index in [1.165, 1.54) is 0 Å². The van der Waals surface area contributed by atoms with Crippen molar-refractivity contribution >= 4 is 29.2 Å². The zero-order chi connectivity index (χ0) is 25.9. The van der Waals surface area contributed by atoms with Gasteiger partial charge in [0, 0.05) is 17.2 Å². The summed E-state index contributed by atoms with van der Waals surface area (Å²) in [5.74, 6) is -1.42. The van der Waals surface area contributed by atoms with E-state index in [-0.39, 0.29) is 17.9 Å². The van der Waals surface area contributed by atoms with Crippen molar-refractivity contribution in [2.24, 2.45) is 11.8 Å². The predicted octanol–water partition coefficient (Wildman–Crippen LogP) is 6.25. The van der Waals surface area contributed by atoms with Gasteiger partial charge in [-0.1, -0.05) is 61.9 Å². The van der Waals surface area contributed by atoms with E-state index < -0.39 is 17.8 Å². The highest BCUT2D eigenvalue weighted by molar-refractivity contribution is 6.03. The number of benzene rings is 3. The molecule has 3 atom stereocenters. The lowest BCUT2D eigenvalue weighted by molar-refractivity contribution is -0.142. The lowest BCUT2D eigenvalue weighted by Gasteiger charge is -2.35. The number of nitrogens with zero attached hydrogens (tertiary/aromatic N) is 1. The Labute approximate surface area is 216 Å². The Hall–Kier alpha value is -4.13. The summed E-state index contributed by atoms with van der Waals surface area (Å²) >= 11 is 0. The molecule has 7 nitrogen and oxygen atoms in total. The maximum Gasteiger partial charge on any atom is 0.326 e. The third-order valence-corrected chi connectivity index (χ3v) is 7.33. The van der Waals surface area contributed by atoms with Crippen molar-refractivity contribution in [3.8, 4) is 16.9 Å². The van der Waals surface area contributed by atoms with E-state index in [0.29, 0.717) is 36.4 Å². The highest BCUT2D eigenvalue weighted by Crippen LogP contribution is 2.39. The SMILES string of the molecule is CCC1CN(C(=O)Nc2ccccc2)c2ccc(-c3ccc(C(=O)C4CCCC4C(=O)O)cc3)cc2O1. The van der Waals surface area contributed by atoms with Gasteiger partial charge in [0.15, 0.2) is 5.78 Å². The second-order valence-corrected chi connectivity index (χ2v) is 9.66. The molecule has 1 aliphatic carbocycles. The fourth-order valence-electron chi connectivity index (χ4n) is 5.26. The van der Waals surface area contributed by atoms with E-state index in [1.807, 2.05) is 67.6 Å². The van der Waals surface area contributed by atoms with Gasteiger partial charge in [-0.2, -0.15) is 0 Å².